The first-order chi connectivity index (χ1) is 8.70. The van der Waals surface area contributed by atoms with Crippen LogP contribution in [0.2, 0.25) is 0 Å². The van der Waals surface area contributed by atoms with Gasteiger partial charge in [0.15, 0.2) is 11.5 Å². The van der Waals surface area contributed by atoms with Gasteiger partial charge in [-0.1, -0.05) is 6.08 Å². The van der Waals surface area contributed by atoms with Crippen LogP contribution in [0, 0.1) is 0 Å². The summed E-state index contributed by atoms with van der Waals surface area (Å²) in [5.74, 6) is 0.321. The quantitative estimate of drug-likeness (QED) is 0.625. The zero-order valence-corrected chi connectivity index (χ0v) is 9.56. The number of nitrogen functional groups attached to an aromatic ring is 1. The first-order valence-electron chi connectivity index (χ1n) is 5.62. The summed E-state index contributed by atoms with van der Waals surface area (Å²) in [6.07, 6.45) is 4.56. The van der Waals surface area contributed by atoms with E-state index in [2.05, 4.69) is 15.0 Å². The molecule has 1 aliphatic rings. The topological polar surface area (TPSA) is 110 Å². The number of anilines is 1. The van der Waals surface area contributed by atoms with E-state index in [9.17, 15) is 5.11 Å². The lowest BCUT2D eigenvalue weighted by molar-refractivity contribution is 0.169. The summed E-state index contributed by atoms with van der Waals surface area (Å²) in [4.78, 5) is 12.2. The highest BCUT2D eigenvalue weighted by Gasteiger charge is 2.28. The van der Waals surface area contributed by atoms with E-state index in [1.807, 2.05) is 0 Å². The fourth-order valence-electron chi connectivity index (χ4n) is 2.30. The maximum Gasteiger partial charge on any atom is 0.165 e. The number of aliphatic hydroxyl groups excluding tert-OH is 2. The summed E-state index contributed by atoms with van der Waals surface area (Å²) in [6.45, 7) is -0.0443. The van der Waals surface area contributed by atoms with E-state index in [-0.39, 0.29) is 12.6 Å². The molecule has 0 aromatic carbocycles. The number of aliphatic hydroxyl groups is 2. The lowest BCUT2D eigenvalue weighted by Gasteiger charge is -2.16. The Labute approximate surface area is 103 Å². The molecule has 2 atom stereocenters. The fraction of sp³-hybridized carbons (Fsp3) is 0.364. The second-order valence-electron chi connectivity index (χ2n) is 4.33. The van der Waals surface area contributed by atoms with Gasteiger partial charge < -0.3 is 20.5 Å². The average molecular weight is 247 g/mol. The van der Waals surface area contributed by atoms with Crippen molar-refractivity contribution in [3.8, 4) is 0 Å². The Hall–Kier alpha value is -1.99. The minimum Gasteiger partial charge on any atom is -0.392 e. The molecule has 3 rings (SSSR count). The van der Waals surface area contributed by atoms with Gasteiger partial charge in [-0.25, -0.2) is 15.0 Å². The molecule has 18 heavy (non-hydrogen) atoms. The number of fused-ring (bicyclic) bond motifs is 1. The Kier molecular flexibility index (Phi) is 2.49. The van der Waals surface area contributed by atoms with Crippen molar-refractivity contribution < 1.29 is 10.2 Å². The molecule has 7 nitrogen and oxygen atoms in total. The van der Waals surface area contributed by atoms with Crippen molar-refractivity contribution in [2.75, 3.05) is 12.3 Å². The van der Waals surface area contributed by atoms with Crippen molar-refractivity contribution in [2.24, 2.45) is 0 Å². The van der Waals surface area contributed by atoms with Crippen LogP contribution in [0.5, 0.6) is 0 Å². The van der Waals surface area contributed by atoms with E-state index in [4.69, 9.17) is 10.8 Å². The minimum atomic E-state index is -0.652. The van der Waals surface area contributed by atoms with E-state index in [1.165, 1.54) is 6.33 Å². The lowest BCUT2D eigenvalue weighted by Crippen LogP contribution is -2.18. The highest BCUT2D eigenvalue weighted by molar-refractivity contribution is 5.81. The third-order valence-corrected chi connectivity index (χ3v) is 3.22. The smallest absolute Gasteiger partial charge is 0.165 e. The predicted octanol–water partition coefficient (Wildman–Crippen LogP) is -0.367. The fourth-order valence-corrected chi connectivity index (χ4v) is 2.30. The second-order valence-corrected chi connectivity index (χ2v) is 4.33. The Morgan fingerprint density at radius 2 is 2.22 bits per heavy atom. The third kappa shape index (κ3) is 1.56. The molecule has 0 unspecified atom stereocenters. The summed E-state index contributed by atoms with van der Waals surface area (Å²) in [7, 11) is 0. The van der Waals surface area contributed by atoms with E-state index < -0.39 is 6.10 Å². The van der Waals surface area contributed by atoms with Gasteiger partial charge in [0.25, 0.3) is 0 Å². The molecule has 0 saturated heterocycles. The molecule has 0 aliphatic heterocycles. The zero-order valence-electron chi connectivity index (χ0n) is 9.56. The molecular formula is C11H13N5O2. The molecule has 0 amide bonds. The van der Waals surface area contributed by atoms with E-state index in [0.29, 0.717) is 23.4 Å². The molecule has 0 radical (unpaired) electrons. The van der Waals surface area contributed by atoms with Crippen LogP contribution in [0.25, 0.3) is 11.2 Å². The van der Waals surface area contributed by atoms with Gasteiger partial charge in [-0.05, 0) is 12.0 Å². The van der Waals surface area contributed by atoms with Crippen molar-refractivity contribution in [1.82, 2.24) is 19.5 Å². The third-order valence-electron chi connectivity index (χ3n) is 3.22. The van der Waals surface area contributed by atoms with E-state index >= 15 is 0 Å². The van der Waals surface area contributed by atoms with Gasteiger partial charge in [0.05, 0.1) is 25.1 Å². The zero-order chi connectivity index (χ0) is 12.7. The number of rotatable bonds is 2. The van der Waals surface area contributed by atoms with Crippen LogP contribution in [0.4, 0.5) is 5.82 Å². The number of aromatic nitrogens is 4. The van der Waals surface area contributed by atoms with Crippen LogP contribution < -0.4 is 5.73 Å². The number of imidazole rings is 1. The van der Waals surface area contributed by atoms with Crippen LogP contribution in [0.3, 0.4) is 0 Å². The van der Waals surface area contributed by atoms with Crippen LogP contribution in [0.15, 0.2) is 24.3 Å². The van der Waals surface area contributed by atoms with Gasteiger partial charge in [-0.15, -0.1) is 0 Å². The molecule has 0 bridgehead atoms. The number of hydrogen-bond acceptors (Lipinski definition) is 6. The molecular weight excluding hydrogens is 234 g/mol. The Bertz CT molecular complexity index is 621. The van der Waals surface area contributed by atoms with Gasteiger partial charge in [0.1, 0.15) is 11.8 Å². The summed E-state index contributed by atoms with van der Waals surface area (Å²) < 4.78 is 1.78. The number of hydrogen-bond donors (Lipinski definition) is 3. The van der Waals surface area contributed by atoms with Gasteiger partial charge in [0.2, 0.25) is 0 Å². The van der Waals surface area contributed by atoms with Gasteiger partial charge in [0, 0.05) is 0 Å². The van der Waals surface area contributed by atoms with Crippen LogP contribution in [-0.2, 0) is 0 Å². The van der Waals surface area contributed by atoms with Gasteiger partial charge >= 0.3 is 0 Å². The monoisotopic (exact) mass is 247 g/mol. The van der Waals surface area contributed by atoms with Crippen LogP contribution in [-0.4, -0.2) is 42.4 Å². The summed E-state index contributed by atoms with van der Waals surface area (Å²) >= 11 is 0. The molecule has 2 aromatic heterocycles. The standard InChI is InChI=1S/C11H13N5O2/c12-10-9-11(14-4-13-10)16(5-15-9)7-1-6(3-17)2-8(7)18/h2,4-5,7-8,17-18H,1,3H2,(H2,12,13,14)/t7-,8+/m1/s1. The van der Waals surface area contributed by atoms with Gasteiger partial charge in [-0.3, -0.25) is 0 Å². The van der Waals surface area contributed by atoms with Crippen molar-refractivity contribution >= 4 is 17.0 Å². The predicted molar refractivity (Wildman–Crippen MR) is 64.6 cm³/mol. The molecule has 7 heteroatoms. The van der Waals surface area contributed by atoms with Crippen LogP contribution >= 0.6 is 0 Å². The molecule has 2 aromatic rings. The van der Waals surface area contributed by atoms with Crippen molar-refractivity contribution in [3.05, 3.63) is 24.3 Å². The number of nitrogens with zero attached hydrogens (tertiary/aromatic N) is 4. The summed E-state index contributed by atoms with van der Waals surface area (Å²) in [6, 6.07) is -0.202. The Morgan fingerprint density at radius 3 is 2.94 bits per heavy atom. The summed E-state index contributed by atoms with van der Waals surface area (Å²) in [5, 5.41) is 19.1. The SMILES string of the molecule is Nc1ncnc2c1ncn2[C@@H]1CC(CO)=C[C@@H]1O. The highest BCUT2D eigenvalue weighted by Crippen LogP contribution is 2.31. The second kappa shape index (κ2) is 4.04. The minimum absolute atomic E-state index is 0.0443. The highest BCUT2D eigenvalue weighted by atomic mass is 16.3. The molecule has 0 saturated carbocycles. The van der Waals surface area contributed by atoms with Gasteiger partial charge in [-0.2, -0.15) is 0 Å². The lowest BCUT2D eigenvalue weighted by atomic mass is 10.1. The first-order valence-corrected chi connectivity index (χ1v) is 5.62. The molecule has 1 aliphatic carbocycles. The molecule has 0 spiro atoms. The molecule has 2 heterocycles. The van der Waals surface area contributed by atoms with Crippen molar-refractivity contribution in [2.45, 2.75) is 18.6 Å². The van der Waals surface area contributed by atoms with Crippen molar-refractivity contribution in [1.29, 1.82) is 0 Å². The Morgan fingerprint density at radius 1 is 1.39 bits per heavy atom. The summed E-state index contributed by atoms with van der Waals surface area (Å²) in [5.41, 5.74) is 7.66. The van der Waals surface area contributed by atoms with Crippen LogP contribution in [0.1, 0.15) is 12.5 Å². The maximum atomic E-state index is 9.98. The molecule has 94 valence electrons. The normalized spacial score (nSPS) is 23.6. The van der Waals surface area contributed by atoms with Crippen molar-refractivity contribution in [3.63, 3.8) is 0 Å². The largest absolute Gasteiger partial charge is 0.392 e. The maximum absolute atomic E-state index is 9.98. The average Bonchev–Trinajstić information content (AvgIpc) is 2.93. The van der Waals surface area contributed by atoms with E-state index in [1.54, 1.807) is 17.0 Å². The molecule has 0 fully saturated rings. The van der Waals surface area contributed by atoms with E-state index in [0.717, 1.165) is 5.57 Å². The molecule has 4 N–H and O–H groups in total. The first kappa shape index (κ1) is 11.1. The number of nitrogens with two attached hydrogens (primary N) is 1. The Balaban J connectivity index is 2.04.